The molecule has 0 radical (unpaired) electrons. The molecule has 114 valence electrons. The highest BCUT2D eigenvalue weighted by atomic mass is 16.6. The lowest BCUT2D eigenvalue weighted by Crippen LogP contribution is -2.32. The Morgan fingerprint density at radius 1 is 1.24 bits per heavy atom. The molecule has 1 aromatic carbocycles. The van der Waals surface area contributed by atoms with Crippen molar-refractivity contribution >= 4 is 5.97 Å². The van der Waals surface area contributed by atoms with E-state index in [1.165, 1.54) is 43.2 Å². The van der Waals surface area contributed by atoms with Crippen LogP contribution in [0.15, 0.2) is 18.2 Å². The number of carbonyl (C=O) groups excluding carboxylic acids is 1. The SMILES string of the molecule is CCOC(=O)[C@@H]1CCc2cc(C3CCCCC3)ccc2O1. The average Bonchev–Trinajstić information content (AvgIpc) is 2.55. The summed E-state index contributed by atoms with van der Waals surface area (Å²) in [6.45, 7) is 2.23. The van der Waals surface area contributed by atoms with Crippen LogP contribution in [0.5, 0.6) is 5.75 Å². The molecule has 21 heavy (non-hydrogen) atoms. The van der Waals surface area contributed by atoms with E-state index in [1.807, 2.05) is 13.0 Å². The molecule has 1 aromatic rings. The summed E-state index contributed by atoms with van der Waals surface area (Å²) in [5.74, 6) is 1.34. The predicted molar refractivity (Wildman–Crippen MR) is 81.6 cm³/mol. The van der Waals surface area contributed by atoms with Crippen molar-refractivity contribution in [2.24, 2.45) is 0 Å². The molecule has 1 aliphatic carbocycles. The second-order valence-electron chi connectivity index (χ2n) is 6.10. The average molecular weight is 288 g/mol. The van der Waals surface area contributed by atoms with Gasteiger partial charge in [-0.05, 0) is 55.7 Å². The van der Waals surface area contributed by atoms with E-state index in [2.05, 4.69) is 12.1 Å². The second-order valence-corrected chi connectivity index (χ2v) is 6.10. The van der Waals surface area contributed by atoms with Gasteiger partial charge in [-0.15, -0.1) is 0 Å². The fraction of sp³-hybridized carbons (Fsp3) is 0.611. The number of hydrogen-bond acceptors (Lipinski definition) is 3. The summed E-state index contributed by atoms with van der Waals surface area (Å²) in [5, 5.41) is 0. The molecule has 0 aromatic heterocycles. The molecule has 3 heteroatoms. The van der Waals surface area contributed by atoms with Gasteiger partial charge in [0.05, 0.1) is 6.61 Å². The van der Waals surface area contributed by atoms with Gasteiger partial charge in [-0.2, -0.15) is 0 Å². The first-order valence-corrected chi connectivity index (χ1v) is 8.24. The van der Waals surface area contributed by atoms with E-state index in [1.54, 1.807) is 0 Å². The van der Waals surface area contributed by atoms with Gasteiger partial charge in [0.15, 0.2) is 6.10 Å². The third-order valence-corrected chi connectivity index (χ3v) is 4.66. The molecule has 3 nitrogen and oxygen atoms in total. The quantitative estimate of drug-likeness (QED) is 0.789. The van der Waals surface area contributed by atoms with Crippen molar-refractivity contribution < 1.29 is 14.3 Å². The van der Waals surface area contributed by atoms with Crippen molar-refractivity contribution in [1.82, 2.24) is 0 Å². The van der Waals surface area contributed by atoms with Crippen LogP contribution >= 0.6 is 0 Å². The summed E-state index contributed by atoms with van der Waals surface area (Å²) in [4.78, 5) is 11.8. The number of benzene rings is 1. The fourth-order valence-electron chi connectivity index (χ4n) is 3.50. The molecule has 1 atom stereocenters. The van der Waals surface area contributed by atoms with E-state index < -0.39 is 6.10 Å². The molecule has 0 amide bonds. The largest absolute Gasteiger partial charge is 0.478 e. The molecule has 1 fully saturated rings. The maximum Gasteiger partial charge on any atom is 0.347 e. The van der Waals surface area contributed by atoms with Gasteiger partial charge in [0.2, 0.25) is 0 Å². The molecule has 3 rings (SSSR count). The highest BCUT2D eigenvalue weighted by Crippen LogP contribution is 2.36. The zero-order valence-corrected chi connectivity index (χ0v) is 12.8. The highest BCUT2D eigenvalue weighted by molar-refractivity contribution is 5.75. The Morgan fingerprint density at radius 2 is 2.05 bits per heavy atom. The van der Waals surface area contributed by atoms with E-state index in [4.69, 9.17) is 9.47 Å². The Morgan fingerprint density at radius 3 is 2.81 bits per heavy atom. The predicted octanol–water partition coefficient (Wildman–Crippen LogP) is 3.99. The number of carbonyl (C=O) groups is 1. The number of ether oxygens (including phenoxy) is 2. The summed E-state index contributed by atoms with van der Waals surface area (Å²) in [6, 6.07) is 6.53. The minimum absolute atomic E-state index is 0.237. The molecular weight excluding hydrogens is 264 g/mol. The van der Waals surface area contributed by atoms with Gasteiger partial charge in [0.25, 0.3) is 0 Å². The summed E-state index contributed by atoms with van der Waals surface area (Å²) < 4.78 is 10.9. The molecule has 0 unspecified atom stereocenters. The Hall–Kier alpha value is -1.51. The third kappa shape index (κ3) is 3.22. The van der Waals surface area contributed by atoms with Crippen LogP contribution in [0.2, 0.25) is 0 Å². The van der Waals surface area contributed by atoms with Crippen molar-refractivity contribution in [3.63, 3.8) is 0 Å². The second kappa shape index (κ2) is 6.50. The van der Waals surface area contributed by atoms with E-state index in [0.29, 0.717) is 12.5 Å². The van der Waals surface area contributed by atoms with Gasteiger partial charge in [-0.25, -0.2) is 4.79 Å². The molecule has 0 bridgehead atoms. The van der Waals surface area contributed by atoms with Crippen LogP contribution in [0.1, 0.15) is 62.5 Å². The molecule has 0 spiro atoms. The molecule has 1 saturated carbocycles. The monoisotopic (exact) mass is 288 g/mol. The molecule has 1 aliphatic heterocycles. The van der Waals surface area contributed by atoms with Crippen LogP contribution in [0.25, 0.3) is 0 Å². The van der Waals surface area contributed by atoms with Gasteiger partial charge >= 0.3 is 5.97 Å². The molecule has 2 aliphatic rings. The normalized spacial score (nSPS) is 22.2. The fourth-order valence-corrected chi connectivity index (χ4v) is 3.50. The van der Waals surface area contributed by atoms with E-state index >= 15 is 0 Å². The van der Waals surface area contributed by atoms with Crippen LogP contribution in [-0.2, 0) is 16.0 Å². The smallest absolute Gasteiger partial charge is 0.347 e. The number of rotatable bonds is 3. The van der Waals surface area contributed by atoms with Crippen LogP contribution in [0.3, 0.4) is 0 Å². The van der Waals surface area contributed by atoms with Gasteiger partial charge in [-0.1, -0.05) is 31.4 Å². The summed E-state index contributed by atoms with van der Waals surface area (Å²) in [5.41, 5.74) is 2.70. The van der Waals surface area contributed by atoms with Crippen molar-refractivity contribution in [3.8, 4) is 5.75 Å². The minimum atomic E-state index is -0.432. The van der Waals surface area contributed by atoms with Crippen molar-refractivity contribution in [2.45, 2.75) is 63.9 Å². The summed E-state index contributed by atoms with van der Waals surface area (Å²) >= 11 is 0. The Bertz CT molecular complexity index is 503. The van der Waals surface area contributed by atoms with Gasteiger partial charge < -0.3 is 9.47 Å². The number of hydrogen-bond donors (Lipinski definition) is 0. The number of esters is 1. The zero-order valence-electron chi connectivity index (χ0n) is 12.8. The van der Waals surface area contributed by atoms with E-state index in [0.717, 1.165) is 18.6 Å². The summed E-state index contributed by atoms with van der Waals surface area (Å²) in [6.07, 6.45) is 7.89. The number of fused-ring (bicyclic) bond motifs is 1. The zero-order chi connectivity index (χ0) is 14.7. The summed E-state index contributed by atoms with van der Waals surface area (Å²) in [7, 11) is 0. The van der Waals surface area contributed by atoms with Crippen molar-refractivity contribution in [3.05, 3.63) is 29.3 Å². The maximum atomic E-state index is 11.8. The van der Waals surface area contributed by atoms with Gasteiger partial charge in [0.1, 0.15) is 5.75 Å². The topological polar surface area (TPSA) is 35.5 Å². The highest BCUT2D eigenvalue weighted by Gasteiger charge is 2.28. The lowest BCUT2D eigenvalue weighted by molar-refractivity contribution is -0.152. The maximum absolute atomic E-state index is 11.8. The van der Waals surface area contributed by atoms with Crippen LogP contribution in [0, 0.1) is 0 Å². The van der Waals surface area contributed by atoms with Crippen molar-refractivity contribution in [2.75, 3.05) is 6.61 Å². The molecular formula is C18H24O3. The molecule has 1 heterocycles. The first-order valence-electron chi connectivity index (χ1n) is 8.24. The number of aryl methyl sites for hydroxylation is 1. The van der Waals surface area contributed by atoms with Crippen LogP contribution in [0.4, 0.5) is 0 Å². The first-order chi connectivity index (χ1) is 10.3. The van der Waals surface area contributed by atoms with E-state index in [9.17, 15) is 4.79 Å². The van der Waals surface area contributed by atoms with Crippen molar-refractivity contribution in [1.29, 1.82) is 0 Å². The van der Waals surface area contributed by atoms with Gasteiger partial charge in [0, 0.05) is 0 Å². The van der Waals surface area contributed by atoms with Crippen LogP contribution < -0.4 is 4.74 Å². The molecule has 0 saturated heterocycles. The lowest BCUT2D eigenvalue weighted by atomic mass is 9.83. The minimum Gasteiger partial charge on any atom is -0.478 e. The van der Waals surface area contributed by atoms with Gasteiger partial charge in [-0.3, -0.25) is 0 Å². The lowest BCUT2D eigenvalue weighted by Gasteiger charge is -2.27. The molecule has 0 N–H and O–H groups in total. The first kappa shape index (κ1) is 14.4. The Labute approximate surface area is 126 Å². The third-order valence-electron chi connectivity index (χ3n) is 4.66. The van der Waals surface area contributed by atoms with Crippen LogP contribution in [-0.4, -0.2) is 18.7 Å². The standard InChI is InChI=1S/C18H24O3/c1-2-20-18(19)17-11-9-15-12-14(8-10-16(15)21-17)13-6-4-3-5-7-13/h8,10,12-13,17H,2-7,9,11H2,1H3/t17-/m0/s1. The van der Waals surface area contributed by atoms with E-state index in [-0.39, 0.29) is 5.97 Å². The Kier molecular flexibility index (Phi) is 4.47. The Balaban J connectivity index is 1.71.